The van der Waals surface area contributed by atoms with Crippen molar-refractivity contribution in [2.45, 2.75) is 39.2 Å². The summed E-state index contributed by atoms with van der Waals surface area (Å²) in [5, 5.41) is 0. The van der Waals surface area contributed by atoms with Gasteiger partial charge >= 0.3 is 0 Å². The molecule has 0 radical (unpaired) electrons. The Bertz CT molecular complexity index is 429. The Morgan fingerprint density at radius 2 is 2.17 bits per heavy atom. The van der Waals surface area contributed by atoms with Gasteiger partial charge in [-0.25, -0.2) is 0 Å². The molecule has 0 amide bonds. The van der Waals surface area contributed by atoms with Crippen LogP contribution in [0.5, 0.6) is 0 Å². The minimum absolute atomic E-state index is 0.130. The monoisotopic (exact) mass is 310 g/mol. The molecule has 0 spiro atoms. The van der Waals surface area contributed by atoms with Crippen molar-refractivity contribution >= 4 is 21.6 Å². The van der Waals surface area contributed by atoms with E-state index in [0.29, 0.717) is 5.92 Å². The summed E-state index contributed by atoms with van der Waals surface area (Å²) in [5.41, 5.74) is 8.66. The second-order valence-electron chi connectivity index (χ2n) is 5.84. The van der Waals surface area contributed by atoms with E-state index in [1.807, 2.05) is 0 Å². The van der Waals surface area contributed by atoms with E-state index in [1.54, 1.807) is 0 Å². The standard InChI is InChI=1S/C15H23BrN2/c1-11-6-7-14(13(16)9-11)18-8-4-5-12(10-17)15(18,2)3/h6-7,9,12H,4-5,8,10,17H2,1-3H3. The number of piperidine rings is 1. The van der Waals surface area contributed by atoms with E-state index in [4.69, 9.17) is 5.73 Å². The van der Waals surface area contributed by atoms with Crippen LogP contribution in [0.1, 0.15) is 32.3 Å². The Hall–Kier alpha value is -0.540. The normalized spacial score (nSPS) is 23.2. The molecule has 2 N–H and O–H groups in total. The third kappa shape index (κ3) is 2.43. The number of hydrogen-bond donors (Lipinski definition) is 1. The summed E-state index contributed by atoms with van der Waals surface area (Å²) in [4.78, 5) is 2.51. The lowest BCUT2D eigenvalue weighted by molar-refractivity contribution is 0.244. The molecule has 0 saturated carbocycles. The average Bonchev–Trinajstić information content (AvgIpc) is 2.29. The van der Waals surface area contributed by atoms with Crippen LogP contribution >= 0.6 is 15.9 Å². The number of nitrogens with zero attached hydrogens (tertiary/aromatic N) is 1. The first-order valence-electron chi connectivity index (χ1n) is 6.70. The molecular weight excluding hydrogens is 288 g/mol. The minimum Gasteiger partial charge on any atom is -0.365 e. The Kier molecular flexibility index (Phi) is 4.02. The molecule has 18 heavy (non-hydrogen) atoms. The first-order valence-corrected chi connectivity index (χ1v) is 7.50. The Morgan fingerprint density at radius 1 is 1.44 bits per heavy atom. The highest BCUT2D eigenvalue weighted by Gasteiger charge is 2.38. The molecule has 2 rings (SSSR count). The zero-order valence-corrected chi connectivity index (χ0v) is 13.1. The van der Waals surface area contributed by atoms with E-state index < -0.39 is 0 Å². The van der Waals surface area contributed by atoms with Gasteiger partial charge < -0.3 is 10.6 Å². The number of halogens is 1. The number of benzene rings is 1. The maximum atomic E-state index is 5.94. The molecule has 1 aliphatic heterocycles. The van der Waals surface area contributed by atoms with Crippen LogP contribution in [0.2, 0.25) is 0 Å². The highest BCUT2D eigenvalue weighted by Crippen LogP contribution is 2.39. The SMILES string of the molecule is Cc1ccc(N2CCCC(CN)C2(C)C)c(Br)c1. The fourth-order valence-corrected chi connectivity index (χ4v) is 3.73. The summed E-state index contributed by atoms with van der Waals surface area (Å²) in [6.45, 7) is 8.64. The Morgan fingerprint density at radius 3 is 2.78 bits per heavy atom. The summed E-state index contributed by atoms with van der Waals surface area (Å²) < 4.78 is 1.19. The number of anilines is 1. The Balaban J connectivity index is 2.36. The smallest absolute Gasteiger partial charge is 0.0515 e. The summed E-state index contributed by atoms with van der Waals surface area (Å²) >= 11 is 3.70. The topological polar surface area (TPSA) is 29.3 Å². The van der Waals surface area contributed by atoms with Gasteiger partial charge in [-0.1, -0.05) is 6.07 Å². The predicted octanol–water partition coefficient (Wildman–Crippen LogP) is 3.71. The van der Waals surface area contributed by atoms with Gasteiger partial charge in [0.1, 0.15) is 0 Å². The molecule has 1 aromatic rings. The molecule has 1 aliphatic rings. The first kappa shape index (κ1) is 13.9. The largest absolute Gasteiger partial charge is 0.365 e. The van der Waals surface area contributed by atoms with Gasteiger partial charge in [-0.05, 0) is 79.7 Å². The fourth-order valence-electron chi connectivity index (χ4n) is 3.03. The molecule has 100 valence electrons. The van der Waals surface area contributed by atoms with Gasteiger partial charge in [0.15, 0.2) is 0 Å². The number of nitrogens with two attached hydrogens (primary N) is 1. The van der Waals surface area contributed by atoms with Crippen LogP contribution in [0.3, 0.4) is 0 Å². The summed E-state index contributed by atoms with van der Waals surface area (Å²) in [7, 11) is 0. The van der Waals surface area contributed by atoms with Crippen molar-refractivity contribution < 1.29 is 0 Å². The molecule has 1 aromatic carbocycles. The highest BCUT2D eigenvalue weighted by molar-refractivity contribution is 9.10. The highest BCUT2D eigenvalue weighted by atomic mass is 79.9. The number of hydrogen-bond acceptors (Lipinski definition) is 2. The maximum absolute atomic E-state index is 5.94. The van der Waals surface area contributed by atoms with Gasteiger partial charge in [0.25, 0.3) is 0 Å². The van der Waals surface area contributed by atoms with Gasteiger partial charge in [-0.2, -0.15) is 0 Å². The van der Waals surface area contributed by atoms with E-state index >= 15 is 0 Å². The van der Waals surface area contributed by atoms with Crippen molar-refractivity contribution in [3.63, 3.8) is 0 Å². The molecule has 3 heteroatoms. The maximum Gasteiger partial charge on any atom is 0.0515 e. The van der Waals surface area contributed by atoms with Gasteiger partial charge in [-0.15, -0.1) is 0 Å². The molecular formula is C15H23BrN2. The Labute approximate surface area is 119 Å². The molecule has 1 saturated heterocycles. The van der Waals surface area contributed by atoms with Crippen molar-refractivity contribution in [2.75, 3.05) is 18.0 Å². The third-order valence-corrected chi connectivity index (χ3v) is 4.94. The van der Waals surface area contributed by atoms with Crippen LogP contribution in [0, 0.1) is 12.8 Å². The van der Waals surface area contributed by atoms with Crippen LogP contribution in [-0.2, 0) is 0 Å². The zero-order valence-electron chi connectivity index (χ0n) is 11.5. The van der Waals surface area contributed by atoms with Gasteiger partial charge in [0, 0.05) is 16.6 Å². The second-order valence-corrected chi connectivity index (χ2v) is 6.69. The zero-order chi connectivity index (χ0) is 13.3. The van der Waals surface area contributed by atoms with Crippen molar-refractivity contribution in [1.29, 1.82) is 0 Å². The van der Waals surface area contributed by atoms with E-state index in [-0.39, 0.29) is 5.54 Å². The first-order chi connectivity index (χ1) is 8.46. The lowest BCUT2D eigenvalue weighted by Gasteiger charge is -2.49. The van der Waals surface area contributed by atoms with Gasteiger partial charge in [-0.3, -0.25) is 0 Å². The molecule has 0 aliphatic carbocycles. The molecule has 1 atom stereocenters. The summed E-state index contributed by atoms with van der Waals surface area (Å²) in [6.07, 6.45) is 2.47. The van der Waals surface area contributed by atoms with Crippen molar-refractivity contribution in [3.8, 4) is 0 Å². The molecule has 0 aromatic heterocycles. The van der Waals surface area contributed by atoms with Gasteiger partial charge in [0.2, 0.25) is 0 Å². The predicted molar refractivity (Wildman–Crippen MR) is 82.1 cm³/mol. The molecule has 1 fully saturated rings. The number of aryl methyl sites for hydroxylation is 1. The van der Waals surface area contributed by atoms with Crippen molar-refractivity contribution in [1.82, 2.24) is 0 Å². The lowest BCUT2D eigenvalue weighted by Crippen LogP contribution is -2.55. The summed E-state index contributed by atoms with van der Waals surface area (Å²) in [6, 6.07) is 6.60. The third-order valence-electron chi connectivity index (χ3n) is 4.31. The number of rotatable bonds is 2. The minimum atomic E-state index is 0.130. The molecule has 2 nitrogen and oxygen atoms in total. The van der Waals surface area contributed by atoms with Gasteiger partial charge in [0.05, 0.1) is 5.69 Å². The van der Waals surface area contributed by atoms with Crippen LogP contribution in [0.25, 0.3) is 0 Å². The van der Waals surface area contributed by atoms with E-state index in [2.05, 4.69) is 59.8 Å². The van der Waals surface area contributed by atoms with Crippen LogP contribution in [0.4, 0.5) is 5.69 Å². The van der Waals surface area contributed by atoms with E-state index in [9.17, 15) is 0 Å². The average molecular weight is 311 g/mol. The van der Waals surface area contributed by atoms with Crippen LogP contribution in [-0.4, -0.2) is 18.6 Å². The fraction of sp³-hybridized carbons (Fsp3) is 0.600. The lowest BCUT2D eigenvalue weighted by atomic mass is 9.78. The summed E-state index contributed by atoms with van der Waals surface area (Å²) in [5.74, 6) is 0.569. The van der Waals surface area contributed by atoms with E-state index in [0.717, 1.165) is 13.1 Å². The van der Waals surface area contributed by atoms with Crippen LogP contribution < -0.4 is 10.6 Å². The molecule has 1 heterocycles. The van der Waals surface area contributed by atoms with E-state index in [1.165, 1.54) is 28.6 Å². The molecule has 0 bridgehead atoms. The van der Waals surface area contributed by atoms with Crippen LogP contribution in [0.15, 0.2) is 22.7 Å². The van der Waals surface area contributed by atoms with Crippen molar-refractivity contribution in [3.05, 3.63) is 28.2 Å². The second kappa shape index (κ2) is 5.22. The van der Waals surface area contributed by atoms with Crippen molar-refractivity contribution in [2.24, 2.45) is 11.7 Å². The molecule has 1 unspecified atom stereocenters. The quantitative estimate of drug-likeness (QED) is 0.902.